The van der Waals surface area contributed by atoms with E-state index < -0.39 is 0 Å². The molecule has 0 unspecified atom stereocenters. The predicted octanol–water partition coefficient (Wildman–Crippen LogP) is -0.338. The van der Waals surface area contributed by atoms with Crippen LogP contribution in [0.5, 0.6) is 0 Å². The molecule has 2 heterocycles. The number of nitrogens with zero attached hydrogens (tertiary/aromatic N) is 2. The van der Waals surface area contributed by atoms with E-state index in [1.165, 1.54) is 0 Å². The first kappa shape index (κ1) is 8.52. The second-order valence-corrected chi connectivity index (χ2v) is 3.20. The molecule has 13 heavy (non-hydrogen) atoms. The molecule has 1 aromatic rings. The molecule has 0 atom stereocenters. The SMILES string of the molecule is Nc1nc(CN2CCNCC2)co1. The fourth-order valence-electron chi connectivity index (χ4n) is 1.49. The zero-order chi connectivity index (χ0) is 9.10. The lowest BCUT2D eigenvalue weighted by molar-refractivity contribution is 0.230. The van der Waals surface area contributed by atoms with E-state index in [4.69, 9.17) is 10.2 Å². The van der Waals surface area contributed by atoms with Crippen LogP contribution in [0.15, 0.2) is 10.7 Å². The minimum Gasteiger partial charge on any atom is -0.432 e. The summed E-state index contributed by atoms with van der Waals surface area (Å²) < 4.78 is 4.93. The Morgan fingerprint density at radius 3 is 2.92 bits per heavy atom. The van der Waals surface area contributed by atoms with Gasteiger partial charge in [0.2, 0.25) is 0 Å². The number of anilines is 1. The molecule has 3 N–H and O–H groups in total. The van der Waals surface area contributed by atoms with E-state index in [1.54, 1.807) is 6.26 Å². The Bertz CT molecular complexity index is 267. The molecule has 0 radical (unpaired) electrons. The summed E-state index contributed by atoms with van der Waals surface area (Å²) in [7, 11) is 0. The maximum atomic E-state index is 5.38. The molecule has 1 fully saturated rings. The van der Waals surface area contributed by atoms with E-state index in [0.717, 1.165) is 38.4 Å². The zero-order valence-corrected chi connectivity index (χ0v) is 7.49. The Labute approximate surface area is 76.9 Å². The third kappa shape index (κ3) is 2.19. The van der Waals surface area contributed by atoms with Crippen molar-refractivity contribution in [2.45, 2.75) is 6.54 Å². The van der Waals surface area contributed by atoms with Gasteiger partial charge in [0, 0.05) is 32.7 Å². The molecular formula is C8H14N4O. The van der Waals surface area contributed by atoms with Crippen molar-refractivity contribution >= 4 is 6.01 Å². The quantitative estimate of drug-likeness (QED) is 0.655. The minimum absolute atomic E-state index is 0.255. The first-order chi connectivity index (χ1) is 6.34. The number of hydrogen-bond acceptors (Lipinski definition) is 5. The van der Waals surface area contributed by atoms with Crippen LogP contribution in [0.25, 0.3) is 0 Å². The van der Waals surface area contributed by atoms with E-state index in [-0.39, 0.29) is 6.01 Å². The number of hydrogen-bond donors (Lipinski definition) is 2. The number of nitrogen functional groups attached to an aromatic ring is 1. The predicted molar refractivity (Wildman–Crippen MR) is 49.1 cm³/mol. The number of oxazole rings is 1. The summed E-state index contributed by atoms with van der Waals surface area (Å²) in [6, 6.07) is 0.255. The van der Waals surface area contributed by atoms with Gasteiger partial charge < -0.3 is 15.5 Å². The second-order valence-electron chi connectivity index (χ2n) is 3.20. The van der Waals surface area contributed by atoms with Crippen LogP contribution >= 0.6 is 0 Å². The molecule has 1 aromatic heterocycles. The molecule has 2 rings (SSSR count). The van der Waals surface area contributed by atoms with Crippen LogP contribution in [0.1, 0.15) is 5.69 Å². The summed E-state index contributed by atoms with van der Waals surface area (Å²) in [4.78, 5) is 6.38. The highest BCUT2D eigenvalue weighted by atomic mass is 16.4. The molecule has 1 aliphatic heterocycles. The Balaban J connectivity index is 1.89. The smallest absolute Gasteiger partial charge is 0.292 e. The van der Waals surface area contributed by atoms with Gasteiger partial charge in [-0.2, -0.15) is 4.98 Å². The number of rotatable bonds is 2. The van der Waals surface area contributed by atoms with Gasteiger partial charge in [-0.15, -0.1) is 0 Å². The average molecular weight is 182 g/mol. The summed E-state index contributed by atoms with van der Waals surface area (Å²) in [5.74, 6) is 0. The van der Waals surface area contributed by atoms with Gasteiger partial charge in [-0.1, -0.05) is 0 Å². The summed E-state index contributed by atoms with van der Waals surface area (Å²) in [6.45, 7) is 5.06. The van der Waals surface area contributed by atoms with Crippen molar-refractivity contribution in [3.8, 4) is 0 Å². The summed E-state index contributed by atoms with van der Waals surface area (Å²) in [5, 5.41) is 3.30. The normalized spacial score (nSPS) is 19.1. The molecule has 0 spiro atoms. The van der Waals surface area contributed by atoms with Gasteiger partial charge in [0.05, 0.1) is 5.69 Å². The van der Waals surface area contributed by atoms with Crippen molar-refractivity contribution in [3.05, 3.63) is 12.0 Å². The van der Waals surface area contributed by atoms with Crippen LogP contribution < -0.4 is 11.1 Å². The van der Waals surface area contributed by atoms with Crippen LogP contribution in [0.4, 0.5) is 6.01 Å². The number of piperazine rings is 1. The Hall–Kier alpha value is -1.07. The Morgan fingerprint density at radius 2 is 2.31 bits per heavy atom. The fraction of sp³-hybridized carbons (Fsp3) is 0.625. The molecule has 0 aromatic carbocycles. The van der Waals surface area contributed by atoms with Crippen LogP contribution in [-0.2, 0) is 6.54 Å². The molecule has 0 saturated carbocycles. The van der Waals surface area contributed by atoms with Gasteiger partial charge in [0.15, 0.2) is 0 Å². The van der Waals surface area contributed by atoms with Crippen LogP contribution in [0, 0.1) is 0 Å². The molecule has 5 heteroatoms. The molecule has 1 saturated heterocycles. The van der Waals surface area contributed by atoms with E-state index in [2.05, 4.69) is 15.2 Å². The lowest BCUT2D eigenvalue weighted by Gasteiger charge is -2.25. The third-order valence-electron chi connectivity index (χ3n) is 2.16. The third-order valence-corrected chi connectivity index (χ3v) is 2.16. The molecule has 0 amide bonds. The van der Waals surface area contributed by atoms with Crippen molar-refractivity contribution in [2.24, 2.45) is 0 Å². The maximum absolute atomic E-state index is 5.38. The monoisotopic (exact) mass is 182 g/mol. The van der Waals surface area contributed by atoms with E-state index >= 15 is 0 Å². The molecular weight excluding hydrogens is 168 g/mol. The Kier molecular flexibility index (Phi) is 2.47. The first-order valence-corrected chi connectivity index (χ1v) is 4.47. The van der Waals surface area contributed by atoms with Crippen molar-refractivity contribution in [2.75, 3.05) is 31.9 Å². The van der Waals surface area contributed by atoms with Crippen molar-refractivity contribution < 1.29 is 4.42 Å². The van der Waals surface area contributed by atoms with Gasteiger partial charge in [0.25, 0.3) is 6.01 Å². The molecule has 0 bridgehead atoms. The highest BCUT2D eigenvalue weighted by molar-refractivity contribution is 5.12. The largest absolute Gasteiger partial charge is 0.432 e. The number of aromatic nitrogens is 1. The van der Waals surface area contributed by atoms with Crippen LogP contribution in [-0.4, -0.2) is 36.1 Å². The van der Waals surface area contributed by atoms with Gasteiger partial charge in [-0.05, 0) is 0 Å². The second kappa shape index (κ2) is 3.76. The van der Waals surface area contributed by atoms with E-state index in [0.29, 0.717) is 0 Å². The molecule has 1 aliphatic rings. The van der Waals surface area contributed by atoms with Gasteiger partial charge in [-0.25, -0.2) is 0 Å². The standard InChI is InChI=1S/C8H14N4O/c9-8-11-7(6-13-8)5-12-3-1-10-2-4-12/h6,10H,1-5H2,(H2,9,11). The molecule has 72 valence electrons. The fourth-order valence-corrected chi connectivity index (χ4v) is 1.49. The lowest BCUT2D eigenvalue weighted by atomic mass is 10.3. The highest BCUT2D eigenvalue weighted by Crippen LogP contribution is 2.06. The summed E-state index contributed by atoms with van der Waals surface area (Å²) in [5.41, 5.74) is 6.29. The topological polar surface area (TPSA) is 67.3 Å². The van der Waals surface area contributed by atoms with Gasteiger partial charge in [-0.3, -0.25) is 4.90 Å². The summed E-state index contributed by atoms with van der Waals surface area (Å²) >= 11 is 0. The van der Waals surface area contributed by atoms with Crippen molar-refractivity contribution in [1.82, 2.24) is 15.2 Å². The first-order valence-electron chi connectivity index (χ1n) is 4.47. The van der Waals surface area contributed by atoms with Crippen molar-refractivity contribution in [1.29, 1.82) is 0 Å². The van der Waals surface area contributed by atoms with E-state index in [1.807, 2.05) is 0 Å². The van der Waals surface area contributed by atoms with Crippen LogP contribution in [0.2, 0.25) is 0 Å². The van der Waals surface area contributed by atoms with E-state index in [9.17, 15) is 0 Å². The highest BCUT2D eigenvalue weighted by Gasteiger charge is 2.11. The van der Waals surface area contributed by atoms with Crippen molar-refractivity contribution in [3.63, 3.8) is 0 Å². The molecule has 0 aliphatic carbocycles. The van der Waals surface area contributed by atoms with Gasteiger partial charge in [0.1, 0.15) is 6.26 Å². The van der Waals surface area contributed by atoms with Gasteiger partial charge >= 0.3 is 0 Å². The summed E-state index contributed by atoms with van der Waals surface area (Å²) in [6.07, 6.45) is 1.62. The number of nitrogens with one attached hydrogen (secondary N) is 1. The lowest BCUT2D eigenvalue weighted by Crippen LogP contribution is -2.42. The average Bonchev–Trinajstić information content (AvgIpc) is 2.53. The Morgan fingerprint density at radius 1 is 1.54 bits per heavy atom. The molecule has 5 nitrogen and oxygen atoms in total. The van der Waals surface area contributed by atoms with Crippen LogP contribution in [0.3, 0.4) is 0 Å². The zero-order valence-electron chi connectivity index (χ0n) is 7.49. The number of nitrogens with two attached hydrogens (primary N) is 1. The minimum atomic E-state index is 0.255. The maximum Gasteiger partial charge on any atom is 0.292 e.